The Morgan fingerprint density at radius 2 is 2.03 bits per heavy atom. The van der Waals surface area contributed by atoms with Crippen molar-refractivity contribution in [1.82, 2.24) is 19.6 Å². The van der Waals surface area contributed by atoms with Gasteiger partial charge in [-0.25, -0.2) is 4.68 Å². The third kappa shape index (κ3) is 4.28. The van der Waals surface area contributed by atoms with Crippen LogP contribution in [0, 0.1) is 6.92 Å². The van der Waals surface area contributed by atoms with Crippen molar-refractivity contribution in [2.75, 3.05) is 10.6 Å². The number of alkyl halides is 3. The van der Waals surface area contributed by atoms with Gasteiger partial charge < -0.3 is 15.1 Å². The summed E-state index contributed by atoms with van der Waals surface area (Å²) in [5.74, 6) is -0.00680. The van der Waals surface area contributed by atoms with Gasteiger partial charge in [0.05, 0.1) is 25.0 Å². The number of carbonyl (C=O) groups excluding carboxylic acids is 1. The molecule has 11 heteroatoms. The zero-order chi connectivity index (χ0) is 23.9. The highest BCUT2D eigenvalue weighted by atomic mass is 19.4. The van der Waals surface area contributed by atoms with Crippen LogP contribution in [0.25, 0.3) is 0 Å². The van der Waals surface area contributed by atoms with Crippen molar-refractivity contribution in [1.29, 1.82) is 0 Å². The third-order valence-corrected chi connectivity index (χ3v) is 5.72. The van der Waals surface area contributed by atoms with Gasteiger partial charge in [-0.05, 0) is 24.6 Å². The summed E-state index contributed by atoms with van der Waals surface area (Å²) in [5, 5.41) is 13.8. The van der Waals surface area contributed by atoms with Gasteiger partial charge in [0.15, 0.2) is 11.9 Å². The van der Waals surface area contributed by atoms with E-state index < -0.39 is 24.2 Å². The number of fused-ring (bicyclic) bond motifs is 1. The maximum atomic E-state index is 13.8. The van der Waals surface area contributed by atoms with Crippen molar-refractivity contribution in [3.8, 4) is 0 Å². The number of amides is 1. The third-order valence-electron chi connectivity index (χ3n) is 5.72. The molecule has 1 aromatic carbocycles. The van der Waals surface area contributed by atoms with Crippen LogP contribution in [0.1, 0.15) is 45.7 Å². The Bertz CT molecular complexity index is 1290. The number of carbonyl (C=O) groups is 1. The lowest BCUT2D eigenvalue weighted by molar-refractivity contribution is -0.174. The molecule has 2 unspecified atom stereocenters. The van der Waals surface area contributed by atoms with Gasteiger partial charge in [0.25, 0.3) is 5.91 Å². The lowest BCUT2D eigenvalue weighted by Crippen LogP contribution is -2.36. The Labute approximate surface area is 192 Å². The van der Waals surface area contributed by atoms with E-state index in [0.717, 1.165) is 22.0 Å². The maximum Gasteiger partial charge on any atom is 0.410 e. The molecule has 0 aliphatic carbocycles. The molecule has 0 radical (unpaired) electrons. The number of furan rings is 1. The zero-order valence-corrected chi connectivity index (χ0v) is 18.1. The van der Waals surface area contributed by atoms with Crippen LogP contribution in [0.5, 0.6) is 0 Å². The Morgan fingerprint density at radius 1 is 1.24 bits per heavy atom. The van der Waals surface area contributed by atoms with Crippen LogP contribution in [0.3, 0.4) is 0 Å². The van der Waals surface area contributed by atoms with Crippen molar-refractivity contribution in [2.45, 2.75) is 38.1 Å². The average Bonchev–Trinajstić information content (AvgIpc) is 3.55. The smallest absolute Gasteiger partial charge is 0.410 e. The minimum absolute atomic E-state index is 0.0152. The van der Waals surface area contributed by atoms with E-state index in [9.17, 15) is 18.0 Å². The largest absolute Gasteiger partial charge is 0.467 e. The zero-order valence-electron chi connectivity index (χ0n) is 18.1. The van der Waals surface area contributed by atoms with Gasteiger partial charge in [-0.3, -0.25) is 9.48 Å². The topological polar surface area (TPSA) is 89.9 Å². The molecule has 1 amide bonds. The number of hydrogen-bond donors (Lipinski definition) is 2. The summed E-state index contributed by atoms with van der Waals surface area (Å²) >= 11 is 0. The predicted molar refractivity (Wildman–Crippen MR) is 117 cm³/mol. The van der Waals surface area contributed by atoms with Crippen LogP contribution in [0.4, 0.5) is 24.8 Å². The van der Waals surface area contributed by atoms with Crippen molar-refractivity contribution >= 4 is 17.5 Å². The SMILES string of the molecule is Cc1ccc(Cn2ccc(NC(=O)c3cnn4c3NC(c3ccco3)CC4C(F)(F)F)n2)cc1. The molecule has 2 atom stereocenters. The van der Waals surface area contributed by atoms with E-state index in [0.29, 0.717) is 12.3 Å². The highest BCUT2D eigenvalue weighted by Crippen LogP contribution is 2.44. The summed E-state index contributed by atoms with van der Waals surface area (Å²) in [6, 6.07) is 10.2. The first-order valence-corrected chi connectivity index (χ1v) is 10.6. The summed E-state index contributed by atoms with van der Waals surface area (Å²) < 4.78 is 49.1. The summed E-state index contributed by atoms with van der Waals surface area (Å²) in [7, 11) is 0. The molecule has 0 saturated heterocycles. The summed E-state index contributed by atoms with van der Waals surface area (Å²) in [6.45, 7) is 2.52. The number of nitrogens with one attached hydrogen (secondary N) is 2. The van der Waals surface area contributed by atoms with Gasteiger partial charge in [-0.2, -0.15) is 23.4 Å². The second-order valence-corrected chi connectivity index (χ2v) is 8.20. The van der Waals surface area contributed by atoms with Crippen LogP contribution in [-0.2, 0) is 6.54 Å². The molecule has 5 rings (SSSR count). The van der Waals surface area contributed by atoms with Crippen LogP contribution in [0.2, 0.25) is 0 Å². The molecule has 3 aromatic heterocycles. The van der Waals surface area contributed by atoms with E-state index in [1.54, 1.807) is 29.1 Å². The Morgan fingerprint density at radius 3 is 2.74 bits per heavy atom. The predicted octanol–water partition coefficient (Wildman–Crippen LogP) is 4.94. The maximum absolute atomic E-state index is 13.8. The lowest BCUT2D eigenvalue weighted by Gasteiger charge is -2.32. The number of benzene rings is 1. The minimum atomic E-state index is -4.55. The van der Waals surface area contributed by atoms with Gasteiger partial charge in [-0.15, -0.1) is 0 Å². The molecule has 176 valence electrons. The van der Waals surface area contributed by atoms with Crippen LogP contribution < -0.4 is 10.6 Å². The van der Waals surface area contributed by atoms with Crippen LogP contribution in [0.15, 0.2) is 65.5 Å². The average molecular weight is 470 g/mol. The van der Waals surface area contributed by atoms with Crippen molar-refractivity contribution in [3.63, 3.8) is 0 Å². The van der Waals surface area contributed by atoms with Gasteiger partial charge in [0, 0.05) is 18.7 Å². The molecule has 0 bridgehead atoms. The quantitative estimate of drug-likeness (QED) is 0.431. The molecule has 4 aromatic rings. The molecule has 2 N–H and O–H groups in total. The lowest BCUT2D eigenvalue weighted by atomic mass is 10.0. The fraction of sp³-hybridized carbons (Fsp3) is 0.261. The number of halogens is 3. The summed E-state index contributed by atoms with van der Waals surface area (Å²) in [6.07, 6.45) is -0.615. The molecule has 4 heterocycles. The molecular formula is C23H21F3N6O2. The normalized spacial score (nSPS) is 17.8. The first-order valence-electron chi connectivity index (χ1n) is 10.6. The number of aromatic nitrogens is 4. The molecule has 0 spiro atoms. The summed E-state index contributed by atoms with van der Waals surface area (Å²) in [5.41, 5.74) is 2.18. The van der Waals surface area contributed by atoms with Crippen LogP contribution >= 0.6 is 0 Å². The van der Waals surface area contributed by atoms with Crippen molar-refractivity contribution in [2.24, 2.45) is 0 Å². The van der Waals surface area contributed by atoms with Crippen molar-refractivity contribution < 1.29 is 22.4 Å². The first kappa shape index (κ1) is 21.8. The minimum Gasteiger partial charge on any atom is -0.467 e. The number of nitrogens with zero attached hydrogens (tertiary/aromatic N) is 4. The molecule has 1 aliphatic heterocycles. The Kier molecular flexibility index (Phi) is 5.39. The van der Waals surface area contributed by atoms with E-state index in [-0.39, 0.29) is 23.6 Å². The number of anilines is 2. The van der Waals surface area contributed by atoms with Gasteiger partial charge in [0.2, 0.25) is 0 Å². The van der Waals surface area contributed by atoms with E-state index in [2.05, 4.69) is 20.8 Å². The monoisotopic (exact) mass is 470 g/mol. The van der Waals surface area contributed by atoms with Gasteiger partial charge >= 0.3 is 6.18 Å². The van der Waals surface area contributed by atoms with Crippen LogP contribution in [-0.4, -0.2) is 31.6 Å². The van der Waals surface area contributed by atoms with Crippen molar-refractivity contribution in [3.05, 3.63) is 83.6 Å². The second kappa shape index (κ2) is 8.40. The molecule has 1 aliphatic rings. The van der Waals surface area contributed by atoms with E-state index in [1.807, 2.05) is 31.2 Å². The first-order chi connectivity index (χ1) is 16.3. The molecule has 8 nitrogen and oxygen atoms in total. The molecule has 0 fully saturated rings. The standard InChI is InChI=1S/C23H21F3N6O2/c1-14-4-6-15(7-5-14)13-31-9-8-20(30-31)29-22(33)16-12-27-32-19(23(24,25)26)11-17(28-21(16)32)18-3-2-10-34-18/h2-10,12,17,19,28H,11,13H2,1H3,(H,29,30,33). The van der Waals surface area contributed by atoms with Gasteiger partial charge in [0.1, 0.15) is 17.1 Å². The molecular weight excluding hydrogens is 449 g/mol. The summed E-state index contributed by atoms with van der Waals surface area (Å²) in [4.78, 5) is 12.9. The van der Waals surface area contributed by atoms with E-state index >= 15 is 0 Å². The highest BCUT2D eigenvalue weighted by molar-refractivity contribution is 6.07. The van der Waals surface area contributed by atoms with E-state index in [4.69, 9.17) is 4.42 Å². The Hall–Kier alpha value is -4.02. The fourth-order valence-electron chi connectivity index (χ4n) is 3.99. The second-order valence-electron chi connectivity index (χ2n) is 8.20. The van der Waals surface area contributed by atoms with Gasteiger partial charge in [-0.1, -0.05) is 29.8 Å². The number of rotatable bonds is 5. The molecule has 34 heavy (non-hydrogen) atoms. The highest BCUT2D eigenvalue weighted by Gasteiger charge is 2.47. The Balaban J connectivity index is 1.36. The number of aryl methyl sites for hydroxylation is 1. The fourth-order valence-corrected chi connectivity index (χ4v) is 3.99. The van der Waals surface area contributed by atoms with E-state index in [1.165, 1.54) is 6.26 Å². The number of hydrogen-bond acceptors (Lipinski definition) is 5. The molecule has 0 saturated carbocycles.